The van der Waals surface area contributed by atoms with Crippen LogP contribution in [0.15, 0.2) is 54.6 Å². The second-order valence-electron chi connectivity index (χ2n) is 6.21. The van der Waals surface area contributed by atoms with Gasteiger partial charge in [-0.2, -0.15) is 0 Å². The standard InChI is InChI=1S/C22H30O/c1-2-3-6-16-21-17-10-11-18-22(21)23-19-12-5-9-15-20-13-7-4-8-14-20/h4,7-8,10-11,13-14,17-18H,2-3,5-6,9,12,15-16,19H2,1H3. The Bertz CT molecular complexity index is 533. The van der Waals surface area contributed by atoms with Crippen LogP contribution in [0.1, 0.15) is 56.6 Å². The van der Waals surface area contributed by atoms with E-state index in [0.717, 1.165) is 25.2 Å². The van der Waals surface area contributed by atoms with Gasteiger partial charge in [0.2, 0.25) is 0 Å². The summed E-state index contributed by atoms with van der Waals surface area (Å²) in [6, 6.07) is 19.3. The summed E-state index contributed by atoms with van der Waals surface area (Å²) in [7, 11) is 0. The molecule has 0 fully saturated rings. The summed E-state index contributed by atoms with van der Waals surface area (Å²) in [5.41, 5.74) is 2.81. The van der Waals surface area contributed by atoms with Gasteiger partial charge in [-0.25, -0.2) is 0 Å². The van der Waals surface area contributed by atoms with E-state index in [2.05, 4.69) is 61.5 Å². The molecular formula is C22H30O. The van der Waals surface area contributed by atoms with Gasteiger partial charge in [-0.05, 0) is 55.7 Å². The molecule has 0 unspecified atom stereocenters. The highest BCUT2D eigenvalue weighted by Gasteiger charge is 2.02. The van der Waals surface area contributed by atoms with Gasteiger partial charge in [0.05, 0.1) is 6.61 Å². The van der Waals surface area contributed by atoms with E-state index in [1.807, 2.05) is 0 Å². The van der Waals surface area contributed by atoms with Gasteiger partial charge in [0.15, 0.2) is 0 Å². The minimum absolute atomic E-state index is 0.833. The number of hydrogen-bond donors (Lipinski definition) is 0. The van der Waals surface area contributed by atoms with Crippen molar-refractivity contribution in [3.8, 4) is 5.75 Å². The van der Waals surface area contributed by atoms with Crippen molar-refractivity contribution in [1.82, 2.24) is 0 Å². The van der Waals surface area contributed by atoms with Crippen molar-refractivity contribution in [2.45, 2.75) is 58.3 Å². The monoisotopic (exact) mass is 310 g/mol. The maximum absolute atomic E-state index is 6.02. The van der Waals surface area contributed by atoms with Crippen LogP contribution in [0.4, 0.5) is 0 Å². The predicted octanol–water partition coefficient (Wildman–Crippen LogP) is 6.21. The minimum Gasteiger partial charge on any atom is -0.493 e. The van der Waals surface area contributed by atoms with E-state index in [1.54, 1.807) is 0 Å². The Morgan fingerprint density at radius 2 is 1.43 bits per heavy atom. The van der Waals surface area contributed by atoms with Gasteiger partial charge in [-0.1, -0.05) is 68.3 Å². The van der Waals surface area contributed by atoms with Crippen LogP contribution < -0.4 is 4.74 Å². The molecule has 0 saturated heterocycles. The van der Waals surface area contributed by atoms with Crippen LogP contribution in [-0.4, -0.2) is 6.61 Å². The normalized spacial score (nSPS) is 10.7. The topological polar surface area (TPSA) is 9.23 Å². The maximum Gasteiger partial charge on any atom is 0.122 e. The molecule has 0 bridgehead atoms. The SMILES string of the molecule is CCCCCc1ccccc1OCCCCCc1ccccc1. The van der Waals surface area contributed by atoms with E-state index >= 15 is 0 Å². The molecule has 1 nitrogen and oxygen atoms in total. The second kappa shape index (κ2) is 10.9. The largest absolute Gasteiger partial charge is 0.493 e. The lowest BCUT2D eigenvalue weighted by Crippen LogP contribution is -2.01. The molecule has 0 atom stereocenters. The number of benzene rings is 2. The molecule has 0 aliphatic rings. The van der Waals surface area contributed by atoms with Crippen LogP contribution in [0.5, 0.6) is 5.75 Å². The number of hydrogen-bond acceptors (Lipinski definition) is 1. The molecule has 23 heavy (non-hydrogen) atoms. The lowest BCUT2D eigenvalue weighted by molar-refractivity contribution is 0.302. The molecule has 0 heterocycles. The van der Waals surface area contributed by atoms with Gasteiger partial charge < -0.3 is 4.74 Å². The first-order valence-corrected chi connectivity index (χ1v) is 9.15. The fourth-order valence-corrected chi connectivity index (χ4v) is 2.85. The highest BCUT2D eigenvalue weighted by atomic mass is 16.5. The smallest absolute Gasteiger partial charge is 0.122 e. The first-order chi connectivity index (χ1) is 11.4. The highest BCUT2D eigenvalue weighted by molar-refractivity contribution is 5.33. The molecule has 2 rings (SSSR count). The molecule has 0 aliphatic carbocycles. The summed E-state index contributed by atoms with van der Waals surface area (Å²) >= 11 is 0. The second-order valence-corrected chi connectivity index (χ2v) is 6.21. The molecule has 0 spiro atoms. The van der Waals surface area contributed by atoms with E-state index in [1.165, 1.54) is 49.7 Å². The quantitative estimate of drug-likeness (QED) is 0.448. The van der Waals surface area contributed by atoms with Gasteiger partial charge in [-0.15, -0.1) is 0 Å². The van der Waals surface area contributed by atoms with Crippen LogP contribution in [0.25, 0.3) is 0 Å². The summed E-state index contributed by atoms with van der Waals surface area (Å²) in [6.45, 7) is 3.08. The average molecular weight is 310 g/mol. The summed E-state index contributed by atoms with van der Waals surface area (Å²) in [5.74, 6) is 1.09. The van der Waals surface area contributed by atoms with Crippen LogP contribution >= 0.6 is 0 Å². The first kappa shape index (κ1) is 17.6. The lowest BCUT2D eigenvalue weighted by atomic mass is 10.1. The zero-order valence-corrected chi connectivity index (χ0v) is 14.5. The number of rotatable bonds is 11. The molecule has 124 valence electrons. The Morgan fingerprint density at radius 3 is 2.26 bits per heavy atom. The van der Waals surface area contributed by atoms with Crippen molar-refractivity contribution in [2.75, 3.05) is 6.61 Å². The van der Waals surface area contributed by atoms with Gasteiger partial charge in [0.25, 0.3) is 0 Å². The molecule has 2 aromatic carbocycles. The van der Waals surface area contributed by atoms with Crippen molar-refractivity contribution in [3.63, 3.8) is 0 Å². The fourth-order valence-electron chi connectivity index (χ4n) is 2.85. The van der Waals surface area contributed by atoms with Gasteiger partial charge in [0.1, 0.15) is 5.75 Å². The highest BCUT2D eigenvalue weighted by Crippen LogP contribution is 2.21. The van der Waals surface area contributed by atoms with Crippen molar-refractivity contribution >= 4 is 0 Å². The predicted molar refractivity (Wildman–Crippen MR) is 99.2 cm³/mol. The van der Waals surface area contributed by atoms with E-state index < -0.39 is 0 Å². The van der Waals surface area contributed by atoms with Crippen molar-refractivity contribution in [3.05, 3.63) is 65.7 Å². The molecule has 0 saturated carbocycles. The molecule has 0 aromatic heterocycles. The molecule has 2 aromatic rings. The van der Waals surface area contributed by atoms with Gasteiger partial charge >= 0.3 is 0 Å². The number of para-hydroxylation sites is 1. The Labute approximate surface area is 141 Å². The molecular weight excluding hydrogens is 280 g/mol. The van der Waals surface area contributed by atoms with Crippen LogP contribution in [0.3, 0.4) is 0 Å². The maximum atomic E-state index is 6.02. The summed E-state index contributed by atoms with van der Waals surface area (Å²) in [4.78, 5) is 0. The summed E-state index contributed by atoms with van der Waals surface area (Å²) < 4.78 is 6.02. The zero-order valence-electron chi connectivity index (χ0n) is 14.5. The third-order valence-electron chi connectivity index (χ3n) is 4.23. The average Bonchev–Trinajstić information content (AvgIpc) is 2.60. The number of ether oxygens (including phenoxy) is 1. The Balaban J connectivity index is 1.64. The van der Waals surface area contributed by atoms with Gasteiger partial charge in [-0.3, -0.25) is 0 Å². The van der Waals surface area contributed by atoms with E-state index in [0.29, 0.717) is 0 Å². The third-order valence-corrected chi connectivity index (χ3v) is 4.23. The lowest BCUT2D eigenvalue weighted by Gasteiger charge is -2.11. The third kappa shape index (κ3) is 6.90. The van der Waals surface area contributed by atoms with E-state index in [4.69, 9.17) is 4.74 Å². The molecule has 1 heteroatoms. The van der Waals surface area contributed by atoms with Crippen LogP contribution in [-0.2, 0) is 12.8 Å². The first-order valence-electron chi connectivity index (χ1n) is 9.15. The van der Waals surface area contributed by atoms with Crippen molar-refractivity contribution < 1.29 is 4.74 Å². The van der Waals surface area contributed by atoms with Crippen LogP contribution in [0.2, 0.25) is 0 Å². The Kier molecular flexibility index (Phi) is 8.32. The van der Waals surface area contributed by atoms with Crippen molar-refractivity contribution in [1.29, 1.82) is 0 Å². The Morgan fingerprint density at radius 1 is 0.696 bits per heavy atom. The Hall–Kier alpha value is -1.76. The zero-order chi connectivity index (χ0) is 16.2. The van der Waals surface area contributed by atoms with Crippen molar-refractivity contribution in [2.24, 2.45) is 0 Å². The minimum atomic E-state index is 0.833. The fraction of sp³-hybridized carbons (Fsp3) is 0.455. The number of unbranched alkanes of at least 4 members (excludes halogenated alkanes) is 4. The molecule has 0 radical (unpaired) electrons. The van der Waals surface area contributed by atoms with Crippen LogP contribution in [0, 0.1) is 0 Å². The molecule has 0 aliphatic heterocycles. The molecule has 0 amide bonds. The summed E-state index contributed by atoms with van der Waals surface area (Å²) in [6.07, 6.45) is 9.74. The number of aryl methyl sites for hydroxylation is 2. The molecule has 0 N–H and O–H groups in total. The summed E-state index contributed by atoms with van der Waals surface area (Å²) in [5, 5.41) is 0. The van der Waals surface area contributed by atoms with E-state index in [9.17, 15) is 0 Å². The van der Waals surface area contributed by atoms with E-state index in [-0.39, 0.29) is 0 Å². The van der Waals surface area contributed by atoms with Gasteiger partial charge in [0, 0.05) is 0 Å².